The molecule has 3 rings (SSSR count). The topological polar surface area (TPSA) is 135 Å². The van der Waals surface area contributed by atoms with E-state index in [9.17, 15) is 27.9 Å². The first-order valence-corrected chi connectivity index (χ1v) is 10.8. The average molecular weight is 437 g/mol. The van der Waals surface area contributed by atoms with E-state index in [1.54, 1.807) is 12.1 Å². The quantitative estimate of drug-likeness (QED) is 0.477. The first-order chi connectivity index (χ1) is 13.4. The zero-order valence-corrected chi connectivity index (χ0v) is 17.5. The first-order valence-electron chi connectivity index (χ1n) is 8.51. The highest BCUT2D eigenvalue weighted by Crippen LogP contribution is 2.29. The minimum Gasteiger partial charge on any atom is -0.478 e. The molecule has 0 spiro atoms. The third-order valence-corrected chi connectivity index (χ3v) is 6.69. The molecule has 3 N–H and O–H groups in total. The second-order valence-corrected chi connectivity index (χ2v) is 10.3. The number of hydrogen-bond donors (Lipinski definition) is 3. The van der Waals surface area contributed by atoms with Gasteiger partial charge in [0.25, 0.3) is 0 Å². The van der Waals surface area contributed by atoms with E-state index in [0.29, 0.717) is 9.55 Å². The van der Waals surface area contributed by atoms with Gasteiger partial charge in [-0.25, -0.2) is 17.9 Å². The third kappa shape index (κ3) is 4.47. The highest BCUT2D eigenvalue weighted by molar-refractivity contribution is 7.89. The lowest BCUT2D eigenvalue weighted by Crippen LogP contribution is -2.23. The number of carbonyl (C=O) groups is 1. The molecule has 3 aromatic rings. The number of hydrogen-bond acceptors (Lipinski definition) is 7. The molecule has 0 radical (unpaired) electrons. The monoisotopic (exact) mass is 437 g/mol. The molecule has 154 valence electrons. The van der Waals surface area contributed by atoms with Crippen LogP contribution >= 0.6 is 11.3 Å². The van der Waals surface area contributed by atoms with Crippen molar-refractivity contribution in [2.75, 3.05) is 5.43 Å². The van der Waals surface area contributed by atoms with Crippen molar-refractivity contribution >= 4 is 32.3 Å². The maximum absolute atomic E-state index is 12.5. The second kappa shape index (κ2) is 7.25. The van der Waals surface area contributed by atoms with Crippen molar-refractivity contribution in [1.82, 2.24) is 9.40 Å². The van der Waals surface area contributed by atoms with Crippen molar-refractivity contribution in [2.45, 2.75) is 37.6 Å². The van der Waals surface area contributed by atoms with Crippen LogP contribution in [0.3, 0.4) is 0 Å². The lowest BCUT2D eigenvalue weighted by atomic mass is 9.87. The molecule has 11 heteroatoms. The van der Waals surface area contributed by atoms with Crippen molar-refractivity contribution in [3.63, 3.8) is 0 Å². The lowest BCUT2D eigenvalue weighted by Gasteiger charge is -2.19. The molecule has 1 aromatic carbocycles. The molecule has 0 atom stereocenters. The van der Waals surface area contributed by atoms with Crippen LogP contribution in [0.1, 0.15) is 41.6 Å². The Morgan fingerprint density at radius 1 is 1.14 bits per heavy atom. The molecule has 0 bridgehead atoms. The lowest BCUT2D eigenvalue weighted by molar-refractivity contribution is 0.0698. The van der Waals surface area contributed by atoms with E-state index in [0.717, 1.165) is 16.9 Å². The van der Waals surface area contributed by atoms with Gasteiger partial charge in [-0.3, -0.25) is 15.0 Å². The molecule has 0 unspecified atom stereocenters. The highest BCUT2D eigenvalue weighted by atomic mass is 32.2. The Morgan fingerprint density at radius 2 is 1.72 bits per heavy atom. The largest absolute Gasteiger partial charge is 0.478 e. The predicted molar refractivity (Wildman–Crippen MR) is 109 cm³/mol. The molecule has 0 saturated heterocycles. The van der Waals surface area contributed by atoms with E-state index in [4.69, 9.17) is 0 Å². The third-order valence-electron chi connectivity index (χ3n) is 4.23. The number of aromatic nitrogens is 1. The van der Waals surface area contributed by atoms with E-state index < -0.39 is 27.1 Å². The summed E-state index contributed by atoms with van der Waals surface area (Å²) in [4.78, 5) is 34.1. The van der Waals surface area contributed by atoms with Gasteiger partial charge in [-0.05, 0) is 29.2 Å². The van der Waals surface area contributed by atoms with Crippen molar-refractivity contribution in [1.29, 1.82) is 0 Å². The average Bonchev–Trinajstić information content (AvgIpc) is 3.04. The second-order valence-electron chi connectivity index (χ2n) is 7.42. The Labute approximate surface area is 170 Å². The van der Waals surface area contributed by atoms with E-state index >= 15 is 0 Å². The Morgan fingerprint density at radius 3 is 2.21 bits per heavy atom. The molecular formula is C18H19N3O6S2. The maximum atomic E-state index is 12.5. The summed E-state index contributed by atoms with van der Waals surface area (Å²) in [6.07, 6.45) is 0. The van der Waals surface area contributed by atoms with Gasteiger partial charge in [0.2, 0.25) is 10.0 Å². The maximum Gasteiger partial charge on any atom is 0.340 e. The van der Waals surface area contributed by atoms with Gasteiger partial charge in [-0.2, -0.15) is 4.68 Å². The van der Waals surface area contributed by atoms with E-state index in [2.05, 4.69) is 10.1 Å². The highest BCUT2D eigenvalue weighted by Gasteiger charge is 2.23. The van der Waals surface area contributed by atoms with E-state index in [1.807, 2.05) is 20.8 Å². The van der Waals surface area contributed by atoms with Crippen LogP contribution in [-0.4, -0.2) is 24.2 Å². The summed E-state index contributed by atoms with van der Waals surface area (Å²) in [7, 11) is -3.80. The number of nitrogens with one attached hydrogen (secondary N) is 2. The van der Waals surface area contributed by atoms with Crippen LogP contribution in [0.2, 0.25) is 0 Å². The number of carboxylic acid groups (broad SMARTS) is 1. The van der Waals surface area contributed by atoms with Crippen LogP contribution < -0.4 is 21.3 Å². The SMILES string of the molecule is CC(C)(C)c1ccc(S(=O)(=O)NCc2cc(C(=O)O)c(Nn3c(=O)c3=O)s2)cc1. The van der Waals surface area contributed by atoms with Crippen molar-refractivity contribution in [3.05, 3.63) is 67.0 Å². The number of rotatable bonds is 7. The van der Waals surface area contributed by atoms with Crippen LogP contribution in [0.5, 0.6) is 0 Å². The zero-order valence-electron chi connectivity index (χ0n) is 15.8. The van der Waals surface area contributed by atoms with Crippen LogP contribution in [0.4, 0.5) is 5.00 Å². The molecule has 0 fully saturated rings. The predicted octanol–water partition coefficient (Wildman–Crippen LogP) is 1.49. The van der Waals surface area contributed by atoms with Gasteiger partial charge in [0.1, 0.15) is 5.00 Å². The minimum atomic E-state index is -3.80. The minimum absolute atomic E-state index is 0.0698. The Kier molecular flexibility index (Phi) is 5.24. The standard InChI is InChI=1S/C18H19N3O6S2/c1-18(2,3)10-4-6-12(7-5-10)29(26,27)19-9-11-8-13(17(24)25)14(28-11)20-21-15(22)16(21)23/h4-8,19-20H,9H2,1-3H3,(H,24,25). The zero-order chi connectivity index (χ0) is 21.6. The fourth-order valence-electron chi connectivity index (χ4n) is 2.49. The summed E-state index contributed by atoms with van der Waals surface area (Å²) in [5.41, 5.74) is 1.62. The molecule has 0 aliphatic carbocycles. The number of thiophene rings is 1. The van der Waals surface area contributed by atoms with Gasteiger partial charge in [-0.15, -0.1) is 11.3 Å². The van der Waals surface area contributed by atoms with Gasteiger partial charge >= 0.3 is 17.1 Å². The van der Waals surface area contributed by atoms with Crippen molar-refractivity contribution in [2.24, 2.45) is 0 Å². The molecule has 0 amide bonds. The summed E-state index contributed by atoms with van der Waals surface area (Å²) < 4.78 is 28.2. The Balaban J connectivity index is 1.76. The van der Waals surface area contributed by atoms with Crippen molar-refractivity contribution < 1.29 is 18.3 Å². The summed E-state index contributed by atoms with van der Waals surface area (Å²) in [6, 6.07) is 7.83. The number of sulfonamides is 1. The van der Waals surface area contributed by atoms with Crippen LogP contribution in [-0.2, 0) is 22.0 Å². The molecule has 0 aliphatic rings. The molecular weight excluding hydrogens is 418 g/mol. The van der Waals surface area contributed by atoms with Gasteiger partial charge < -0.3 is 5.11 Å². The molecule has 0 aliphatic heterocycles. The molecule has 2 heterocycles. The summed E-state index contributed by atoms with van der Waals surface area (Å²) in [6.45, 7) is 5.93. The molecule has 2 aromatic heterocycles. The van der Waals surface area contributed by atoms with Gasteiger partial charge in [-0.1, -0.05) is 32.9 Å². The normalized spacial score (nSPS) is 12.4. The number of carboxylic acids is 1. The van der Waals surface area contributed by atoms with Gasteiger partial charge in [0, 0.05) is 11.4 Å². The van der Waals surface area contributed by atoms with E-state index in [-0.39, 0.29) is 27.4 Å². The number of nitrogens with zero attached hydrogens (tertiary/aromatic N) is 1. The Hall–Kier alpha value is -2.76. The van der Waals surface area contributed by atoms with Gasteiger partial charge in [0.15, 0.2) is 0 Å². The number of anilines is 1. The summed E-state index contributed by atoms with van der Waals surface area (Å²) >= 11 is 0.937. The van der Waals surface area contributed by atoms with E-state index in [1.165, 1.54) is 18.2 Å². The summed E-state index contributed by atoms with van der Waals surface area (Å²) in [5.74, 6) is -1.27. The van der Waals surface area contributed by atoms with Crippen LogP contribution in [0.15, 0.2) is 44.8 Å². The Bertz CT molecular complexity index is 1210. The smallest absolute Gasteiger partial charge is 0.340 e. The molecule has 29 heavy (non-hydrogen) atoms. The molecule has 0 saturated carbocycles. The molecule has 9 nitrogen and oxygen atoms in total. The number of benzene rings is 1. The van der Waals surface area contributed by atoms with Crippen molar-refractivity contribution in [3.8, 4) is 0 Å². The summed E-state index contributed by atoms with van der Waals surface area (Å²) in [5, 5.41) is 9.35. The van der Waals surface area contributed by atoms with Crippen LogP contribution in [0.25, 0.3) is 0 Å². The van der Waals surface area contributed by atoms with Gasteiger partial charge in [0.05, 0.1) is 10.5 Å². The first kappa shape index (κ1) is 21.0. The fourth-order valence-corrected chi connectivity index (χ4v) is 4.57. The number of aromatic carboxylic acids is 1. The fraction of sp³-hybridized carbons (Fsp3) is 0.278. The van der Waals surface area contributed by atoms with Crippen LogP contribution in [0, 0.1) is 0 Å².